The van der Waals surface area contributed by atoms with Crippen molar-refractivity contribution in [3.05, 3.63) is 22.7 Å². The molecule has 3 heterocycles. The van der Waals surface area contributed by atoms with Crippen molar-refractivity contribution in [2.75, 3.05) is 65.2 Å². The third-order valence-corrected chi connectivity index (χ3v) is 9.50. The predicted molar refractivity (Wildman–Crippen MR) is 203 cm³/mol. The van der Waals surface area contributed by atoms with Crippen LogP contribution in [0.25, 0.3) is 0 Å². The van der Waals surface area contributed by atoms with E-state index in [1.807, 2.05) is 27.7 Å². The highest BCUT2D eigenvalue weighted by molar-refractivity contribution is 5.73. The Kier molecular flexibility index (Phi) is 19.0. The first kappa shape index (κ1) is 49.5. The molecule has 0 aliphatic carbocycles. The molecule has 2 saturated heterocycles. The van der Waals surface area contributed by atoms with Gasteiger partial charge in [-0.3, -0.25) is 28.6 Å². The van der Waals surface area contributed by atoms with Gasteiger partial charge in [0.25, 0.3) is 0 Å². The van der Waals surface area contributed by atoms with E-state index in [9.17, 15) is 39.3 Å². The van der Waals surface area contributed by atoms with E-state index < -0.39 is 90.4 Å². The number of nitrogen functional groups attached to an aromatic ring is 1. The average Bonchev–Trinajstić information content (AvgIpc) is 3.34. The molecule has 22 heteroatoms. The molecule has 0 unspecified atom stereocenters. The van der Waals surface area contributed by atoms with Gasteiger partial charge >= 0.3 is 23.6 Å². The molecule has 2 fully saturated rings. The van der Waals surface area contributed by atoms with Gasteiger partial charge in [-0.25, -0.2) is 4.79 Å². The van der Waals surface area contributed by atoms with E-state index >= 15 is 0 Å². The molecule has 0 saturated carbocycles. The quantitative estimate of drug-likeness (QED) is 0.0350. The van der Waals surface area contributed by atoms with Gasteiger partial charge in [0.05, 0.1) is 52.9 Å². The molecule has 1 aromatic rings. The Morgan fingerprint density at radius 3 is 1.97 bits per heavy atom. The first-order valence-electron chi connectivity index (χ1n) is 19.4. The summed E-state index contributed by atoms with van der Waals surface area (Å²) >= 11 is 0. The number of nitrogens with zero attached hydrogens (tertiary/aromatic N) is 3. The molecule has 59 heavy (non-hydrogen) atoms. The first-order valence-corrected chi connectivity index (χ1v) is 19.4. The number of ether oxygens (including phenoxy) is 9. The van der Waals surface area contributed by atoms with Gasteiger partial charge in [-0.1, -0.05) is 0 Å². The fraction of sp³-hybridized carbons (Fsp3) is 0.784. The summed E-state index contributed by atoms with van der Waals surface area (Å²) in [7, 11) is 0. The number of hydrogen-bond donors (Lipinski definition) is 5. The smallest absolute Gasteiger partial charge is 0.351 e. The van der Waals surface area contributed by atoms with Crippen molar-refractivity contribution in [3.8, 4) is 0 Å². The van der Waals surface area contributed by atoms with Gasteiger partial charge in [-0.05, 0) is 33.8 Å². The topological polar surface area (TPSA) is 288 Å². The maximum absolute atomic E-state index is 13.2. The minimum atomic E-state index is -2.22. The van der Waals surface area contributed by atoms with E-state index in [0.717, 1.165) is 18.4 Å². The van der Waals surface area contributed by atoms with E-state index in [-0.39, 0.29) is 77.2 Å². The number of amides is 1. The maximum atomic E-state index is 13.2. The van der Waals surface area contributed by atoms with Crippen molar-refractivity contribution in [1.82, 2.24) is 19.8 Å². The lowest BCUT2D eigenvalue weighted by Crippen LogP contribution is -2.71. The monoisotopic (exact) mass is 847 g/mol. The van der Waals surface area contributed by atoms with Gasteiger partial charge in [-0.15, -0.1) is 0 Å². The molecule has 0 aromatic carbocycles. The number of nitrogens with two attached hydrogens (primary N) is 1. The molecular formula is C37H61N5O17. The second-order valence-corrected chi connectivity index (χ2v) is 14.6. The van der Waals surface area contributed by atoms with Crippen LogP contribution in [0.5, 0.6) is 0 Å². The Morgan fingerprint density at radius 1 is 0.898 bits per heavy atom. The van der Waals surface area contributed by atoms with Crippen LogP contribution in [0.4, 0.5) is 5.82 Å². The molecule has 0 bridgehead atoms. The average molecular weight is 848 g/mol. The molecule has 0 spiro atoms. The Morgan fingerprint density at radius 2 is 1.46 bits per heavy atom. The zero-order chi connectivity index (χ0) is 44.1. The van der Waals surface area contributed by atoms with Crippen molar-refractivity contribution in [2.24, 2.45) is 0 Å². The highest BCUT2D eigenvalue weighted by Crippen LogP contribution is 2.49. The summed E-state index contributed by atoms with van der Waals surface area (Å²) < 4.78 is 52.0. The zero-order valence-corrected chi connectivity index (χ0v) is 34.9. The number of rotatable bonds is 23. The zero-order valence-electron chi connectivity index (χ0n) is 34.9. The largest absolute Gasteiger partial charge is 0.463 e. The van der Waals surface area contributed by atoms with Crippen LogP contribution in [0.2, 0.25) is 0 Å². The van der Waals surface area contributed by atoms with Gasteiger partial charge in [0.2, 0.25) is 5.91 Å². The Labute approximate surface area is 342 Å². The number of aromatic nitrogens is 2. The second kappa shape index (κ2) is 22.7. The van der Waals surface area contributed by atoms with Crippen LogP contribution in [0.1, 0.15) is 61.8 Å². The normalized spacial score (nSPS) is 28.2. The van der Waals surface area contributed by atoms with Crippen LogP contribution < -0.4 is 16.7 Å². The Hall–Kier alpha value is -3.84. The third kappa shape index (κ3) is 12.6. The van der Waals surface area contributed by atoms with Gasteiger partial charge in [-0.2, -0.15) is 4.98 Å². The third-order valence-electron chi connectivity index (χ3n) is 9.50. The molecule has 2 aliphatic heterocycles. The van der Waals surface area contributed by atoms with Crippen LogP contribution in [0, 0.1) is 0 Å². The summed E-state index contributed by atoms with van der Waals surface area (Å²) in [6.45, 7) is 11.4. The standard InChI is InChI=1S/C37H61N5O17/c1-21(2)42(22(3)4)37(50)33(48)27(19-43)59-36(37,41-11-9-29(38)40-35(41)49)10-12-51-13-14-52-15-16-53-17-18-54-34-30(39-23(5)44)32(57-26(8)47)31(56-25(7)46)28(58-34)20-55-24(6)45/h9,11,21-22,27-28,30-34,43,48,50H,10,12-20H2,1-8H3,(H,39,44)(H2,38,40,49)/t27-,28-,30-,31+,32-,33-,34-,36-,37-/m1/s1. The number of aliphatic hydroxyl groups is 3. The number of nitrogens with one attached hydrogen (secondary N) is 1. The highest BCUT2D eigenvalue weighted by atomic mass is 16.7. The molecule has 1 amide bonds. The van der Waals surface area contributed by atoms with Crippen LogP contribution in [0.15, 0.2) is 17.1 Å². The molecule has 2 aliphatic rings. The van der Waals surface area contributed by atoms with E-state index in [4.69, 9.17) is 48.4 Å². The van der Waals surface area contributed by atoms with Gasteiger partial charge in [0.15, 0.2) is 29.9 Å². The summed E-state index contributed by atoms with van der Waals surface area (Å²) in [6, 6.07) is -0.438. The number of aliphatic hydroxyl groups excluding tert-OH is 2. The minimum Gasteiger partial charge on any atom is -0.463 e. The van der Waals surface area contributed by atoms with Crippen molar-refractivity contribution in [2.45, 2.75) is 128 Å². The van der Waals surface area contributed by atoms with Crippen LogP contribution in [0.3, 0.4) is 0 Å². The van der Waals surface area contributed by atoms with E-state index in [2.05, 4.69) is 10.3 Å². The molecule has 9 atom stereocenters. The molecule has 22 nitrogen and oxygen atoms in total. The lowest BCUT2D eigenvalue weighted by atomic mass is 9.87. The number of esters is 3. The van der Waals surface area contributed by atoms with E-state index in [0.29, 0.717) is 0 Å². The highest BCUT2D eigenvalue weighted by Gasteiger charge is 2.69. The van der Waals surface area contributed by atoms with Crippen LogP contribution in [-0.4, -0.2) is 174 Å². The van der Waals surface area contributed by atoms with Gasteiger partial charge < -0.3 is 69.0 Å². The Balaban J connectivity index is 1.56. The number of anilines is 1. The summed E-state index contributed by atoms with van der Waals surface area (Å²) in [5, 5.41) is 36.7. The molecule has 6 N–H and O–H groups in total. The molecule has 336 valence electrons. The molecule has 1 aromatic heterocycles. The van der Waals surface area contributed by atoms with Crippen molar-refractivity contribution >= 4 is 29.6 Å². The maximum Gasteiger partial charge on any atom is 0.351 e. The fourth-order valence-corrected chi connectivity index (χ4v) is 7.46. The lowest BCUT2D eigenvalue weighted by Gasteiger charge is -2.52. The first-order chi connectivity index (χ1) is 27.8. The summed E-state index contributed by atoms with van der Waals surface area (Å²) in [6.07, 6.45) is -6.56. The molecule has 3 rings (SSSR count). The van der Waals surface area contributed by atoms with Crippen LogP contribution in [-0.2, 0) is 67.5 Å². The molecule has 0 radical (unpaired) electrons. The van der Waals surface area contributed by atoms with Crippen molar-refractivity contribution in [3.63, 3.8) is 0 Å². The minimum absolute atomic E-state index is 0.0432. The molecular weight excluding hydrogens is 786 g/mol. The summed E-state index contributed by atoms with van der Waals surface area (Å²) in [4.78, 5) is 66.3. The van der Waals surface area contributed by atoms with Crippen LogP contribution >= 0.6 is 0 Å². The van der Waals surface area contributed by atoms with Crippen molar-refractivity contribution in [1.29, 1.82) is 0 Å². The van der Waals surface area contributed by atoms with Gasteiger partial charge in [0, 0.05) is 52.4 Å². The fourth-order valence-electron chi connectivity index (χ4n) is 7.46. The predicted octanol–water partition coefficient (Wildman–Crippen LogP) is -1.85. The summed E-state index contributed by atoms with van der Waals surface area (Å²) in [5.74, 6) is -2.66. The SMILES string of the molecule is CC(=O)N[C@H]1[C@H](OCCOCCOCCOCC[C@@]2(n3ccc(N)nc3=O)O[C@H](CO)[C@@H](O)[C@]2(O)N(C(C)C)C(C)C)O[C@H](COC(C)=O)[C@H](OC(C)=O)[C@@H]1OC(C)=O. The number of carbonyl (C=O) groups excluding carboxylic acids is 4. The lowest BCUT2D eigenvalue weighted by molar-refractivity contribution is -0.284. The van der Waals surface area contributed by atoms with E-state index in [1.165, 1.54) is 26.1 Å². The second-order valence-electron chi connectivity index (χ2n) is 14.6. The van der Waals surface area contributed by atoms with Crippen molar-refractivity contribution < 1.29 is 77.1 Å². The van der Waals surface area contributed by atoms with E-state index in [1.54, 1.807) is 4.90 Å². The van der Waals surface area contributed by atoms with Gasteiger partial charge in [0.1, 0.15) is 36.8 Å². The summed E-state index contributed by atoms with van der Waals surface area (Å²) in [5.41, 5.74) is 0.742. The number of hydrogen-bond acceptors (Lipinski definition) is 20. The number of carbonyl (C=O) groups is 4. The Bertz CT molecular complexity index is 1590.